The smallest absolute Gasteiger partial charge is 0.338 e. The van der Waals surface area contributed by atoms with E-state index in [4.69, 9.17) is 9.47 Å². The number of hydrogen-bond donors (Lipinski definition) is 8. The van der Waals surface area contributed by atoms with Crippen LogP contribution in [0.3, 0.4) is 0 Å². The van der Waals surface area contributed by atoms with Gasteiger partial charge in [-0.2, -0.15) is 0 Å². The molecule has 0 amide bonds. The molecule has 11 heteroatoms. The Labute approximate surface area is 348 Å². The van der Waals surface area contributed by atoms with Gasteiger partial charge in [-0.3, -0.25) is 42.5 Å². The molecule has 1 aromatic carbocycles. The molecule has 5 heterocycles. The van der Waals surface area contributed by atoms with Crippen LogP contribution in [0.15, 0.2) is 24.3 Å². The van der Waals surface area contributed by atoms with Crippen molar-refractivity contribution in [2.24, 2.45) is 53.3 Å². The number of esters is 1. The molecule has 1 aromatic rings. The van der Waals surface area contributed by atoms with Gasteiger partial charge in [0.05, 0.1) is 61.5 Å². The first kappa shape index (κ1) is 40.3. The highest BCUT2D eigenvalue weighted by Crippen LogP contribution is 2.46. The van der Waals surface area contributed by atoms with Crippen LogP contribution in [0.2, 0.25) is 0 Å². The normalized spacial score (nSPS) is 45.0. The Balaban J connectivity index is 0.901. The molecular formula is C47H76N8O3. The predicted octanol–water partition coefficient (Wildman–Crippen LogP) is 6.04. The molecule has 4 aliphatic carbocycles. The maximum Gasteiger partial charge on any atom is 0.338 e. The zero-order chi connectivity index (χ0) is 39.2. The quantitative estimate of drug-likeness (QED) is 0.139. The van der Waals surface area contributed by atoms with Crippen LogP contribution in [0.25, 0.3) is 0 Å². The van der Waals surface area contributed by atoms with E-state index in [-0.39, 0.29) is 36.7 Å². The monoisotopic (exact) mass is 801 g/mol. The van der Waals surface area contributed by atoms with E-state index in [9.17, 15) is 4.79 Å². The summed E-state index contributed by atoms with van der Waals surface area (Å²) >= 11 is 0. The fourth-order valence-corrected chi connectivity index (χ4v) is 14.2. The molecule has 8 bridgehead atoms. The minimum atomic E-state index is -0.231. The molecule has 5 aliphatic heterocycles. The third-order valence-electron chi connectivity index (χ3n) is 17.2. The van der Waals surface area contributed by atoms with Gasteiger partial charge in [0.25, 0.3) is 0 Å². The molecule has 10 rings (SSSR count). The summed E-state index contributed by atoms with van der Waals surface area (Å²) in [5.74, 6) is 5.72. The van der Waals surface area contributed by atoms with Gasteiger partial charge in [0, 0.05) is 5.92 Å². The summed E-state index contributed by atoms with van der Waals surface area (Å²) < 4.78 is 12.8. The lowest BCUT2D eigenvalue weighted by atomic mass is 9.75. The summed E-state index contributed by atoms with van der Waals surface area (Å²) in [5.41, 5.74) is 0.604. The first-order chi connectivity index (χ1) is 28.5. The van der Waals surface area contributed by atoms with Crippen molar-refractivity contribution in [1.82, 2.24) is 42.5 Å². The Morgan fingerprint density at radius 2 is 0.966 bits per heavy atom. The van der Waals surface area contributed by atoms with Crippen molar-refractivity contribution in [3.05, 3.63) is 29.8 Å². The Morgan fingerprint density at radius 3 is 1.40 bits per heavy atom. The number of ether oxygens (including phenoxy) is 2. The third-order valence-corrected chi connectivity index (χ3v) is 17.2. The molecule has 58 heavy (non-hydrogen) atoms. The molecule has 0 aromatic heterocycles. The van der Waals surface area contributed by atoms with E-state index in [2.05, 4.69) is 56.4 Å². The second-order valence-electron chi connectivity index (χ2n) is 20.4. The highest BCUT2D eigenvalue weighted by Gasteiger charge is 2.56. The van der Waals surface area contributed by atoms with E-state index >= 15 is 0 Å². The van der Waals surface area contributed by atoms with Gasteiger partial charge in [-0.05, 0) is 136 Å². The topological polar surface area (TPSA) is 132 Å². The minimum Gasteiger partial charge on any atom is -0.490 e. The summed E-state index contributed by atoms with van der Waals surface area (Å²) in [4.78, 5) is 13.1. The maximum atomic E-state index is 13.1. The van der Waals surface area contributed by atoms with Crippen LogP contribution in [-0.4, -0.2) is 68.0 Å². The number of hydrogen-bond acceptors (Lipinski definition) is 11. The molecule has 18 unspecified atom stereocenters. The zero-order valence-corrected chi connectivity index (χ0v) is 35.6. The van der Waals surface area contributed by atoms with Gasteiger partial charge >= 0.3 is 5.97 Å². The summed E-state index contributed by atoms with van der Waals surface area (Å²) in [7, 11) is 0. The maximum absolute atomic E-state index is 13.1. The lowest BCUT2D eigenvalue weighted by Gasteiger charge is -2.39. The molecule has 322 valence electrons. The third kappa shape index (κ3) is 8.02. The van der Waals surface area contributed by atoms with Crippen molar-refractivity contribution in [3.8, 4) is 5.75 Å². The average molecular weight is 801 g/mol. The predicted molar refractivity (Wildman–Crippen MR) is 227 cm³/mol. The molecule has 18 atom stereocenters. The number of nitrogens with one attached hydrogen (secondary N) is 8. The highest BCUT2D eigenvalue weighted by atomic mass is 16.5. The standard InChI is InChI=1S/C47H76N8O3/c1-3-5-13-27(4-2)26-57-47(56)28-22-24-29(25-23-28)58-37-21-12-20-36-38(37)46-54-44-35-19-11-10-18-34(35)42(52-44)50-40-31-15-7-6-14-30(31)39(48-40)49-41-32-16-8-9-17-33(32)43(51-41)53-45(36)55-46/h22-25,27,30-46,48-55H,3-21,26H2,1-2H3. The average Bonchev–Trinajstić information content (AvgIpc) is 4.00. The molecule has 0 radical (unpaired) electrons. The van der Waals surface area contributed by atoms with Crippen LogP contribution in [-0.2, 0) is 4.74 Å². The van der Waals surface area contributed by atoms with Gasteiger partial charge in [-0.1, -0.05) is 71.6 Å². The van der Waals surface area contributed by atoms with Gasteiger partial charge in [-0.15, -0.1) is 0 Å². The van der Waals surface area contributed by atoms with E-state index in [1.807, 2.05) is 24.3 Å². The molecule has 8 N–H and O–H groups in total. The fraction of sp³-hybridized carbons (Fsp3) is 0.851. The van der Waals surface area contributed by atoms with Crippen molar-refractivity contribution in [2.75, 3.05) is 6.61 Å². The van der Waals surface area contributed by atoms with Crippen molar-refractivity contribution in [3.63, 3.8) is 0 Å². The summed E-state index contributed by atoms with van der Waals surface area (Å²) in [6.07, 6.45) is 26.1. The van der Waals surface area contributed by atoms with Gasteiger partial charge in [0.15, 0.2) is 0 Å². The number of unbranched alkanes of at least 4 members (excludes halogenated alkanes) is 1. The van der Waals surface area contributed by atoms with Crippen molar-refractivity contribution >= 4 is 5.97 Å². The van der Waals surface area contributed by atoms with Crippen LogP contribution >= 0.6 is 0 Å². The summed E-state index contributed by atoms with van der Waals surface area (Å²) in [5, 5.41) is 34.0. The zero-order valence-electron chi connectivity index (χ0n) is 35.6. The number of rotatable bonds is 9. The number of fused-ring (bicyclic) bond motifs is 20. The first-order valence-corrected chi connectivity index (χ1v) is 24.6. The molecule has 4 saturated carbocycles. The lowest BCUT2D eigenvalue weighted by Crippen LogP contribution is -2.62. The van der Waals surface area contributed by atoms with Crippen LogP contribution in [0.1, 0.15) is 146 Å². The van der Waals surface area contributed by atoms with Crippen LogP contribution in [0.4, 0.5) is 0 Å². The van der Waals surface area contributed by atoms with E-state index in [0.29, 0.717) is 90.1 Å². The number of benzene rings is 1. The molecule has 5 saturated heterocycles. The summed E-state index contributed by atoms with van der Waals surface area (Å²) in [6.45, 7) is 4.90. The first-order valence-electron chi connectivity index (χ1n) is 24.6. The fourth-order valence-electron chi connectivity index (χ4n) is 14.2. The molecular weight excluding hydrogens is 725 g/mol. The van der Waals surface area contributed by atoms with Gasteiger partial charge in [0.1, 0.15) is 11.9 Å². The van der Waals surface area contributed by atoms with Crippen molar-refractivity contribution < 1.29 is 14.3 Å². The lowest BCUT2D eigenvalue weighted by molar-refractivity contribution is 0.0418. The van der Waals surface area contributed by atoms with Gasteiger partial charge in [-0.25, -0.2) is 4.79 Å². The Morgan fingerprint density at radius 1 is 0.552 bits per heavy atom. The van der Waals surface area contributed by atoms with E-state index in [1.54, 1.807) is 0 Å². The Kier molecular flexibility index (Phi) is 12.4. The van der Waals surface area contributed by atoms with Crippen molar-refractivity contribution in [1.29, 1.82) is 0 Å². The Bertz CT molecular complexity index is 1530. The van der Waals surface area contributed by atoms with Crippen LogP contribution in [0.5, 0.6) is 5.75 Å². The molecule has 9 aliphatic rings. The van der Waals surface area contributed by atoms with E-state index in [1.165, 1.54) is 96.3 Å². The number of carbonyl (C=O) groups is 1. The van der Waals surface area contributed by atoms with Crippen LogP contribution < -0.4 is 47.3 Å². The second-order valence-corrected chi connectivity index (χ2v) is 20.4. The van der Waals surface area contributed by atoms with E-state index in [0.717, 1.165) is 31.4 Å². The van der Waals surface area contributed by atoms with E-state index < -0.39 is 0 Å². The Hall–Kier alpha value is -1.83. The number of carbonyl (C=O) groups excluding carboxylic acids is 1. The van der Waals surface area contributed by atoms with Gasteiger partial charge in [0.2, 0.25) is 0 Å². The minimum absolute atomic E-state index is 0.0772. The second kappa shape index (κ2) is 17.9. The highest BCUT2D eigenvalue weighted by molar-refractivity contribution is 5.89. The van der Waals surface area contributed by atoms with Gasteiger partial charge < -0.3 is 9.47 Å². The molecule has 11 nitrogen and oxygen atoms in total. The largest absolute Gasteiger partial charge is 0.490 e. The SMILES string of the molecule is CCCCC(CC)COC(=O)c1ccc(OC2CCCC3C4NC5NC(NC6NC(NC7NC(NC(N4)C23)C2CCCCC72)C2CCCCC62)C2CCCCC52)cc1. The van der Waals surface area contributed by atoms with Crippen molar-refractivity contribution in [2.45, 2.75) is 191 Å². The molecule has 9 fully saturated rings. The summed E-state index contributed by atoms with van der Waals surface area (Å²) in [6, 6.07) is 7.79. The molecule has 0 spiro atoms. The van der Waals surface area contributed by atoms with Crippen LogP contribution in [0, 0.1) is 53.3 Å².